The van der Waals surface area contributed by atoms with E-state index in [1.807, 2.05) is 20.9 Å². The third kappa shape index (κ3) is 1.50. The lowest BCUT2D eigenvalue weighted by atomic mass is 10.3. The lowest BCUT2D eigenvalue weighted by molar-refractivity contribution is 0.894. The van der Waals surface area contributed by atoms with E-state index in [2.05, 4.69) is 28.4 Å². The SMILES string of the molecule is CC.Cc1c(C)n(C)c2nccnc12. The van der Waals surface area contributed by atoms with Crippen LogP contribution in [0.1, 0.15) is 25.1 Å². The van der Waals surface area contributed by atoms with Crippen molar-refractivity contribution in [3.63, 3.8) is 0 Å². The van der Waals surface area contributed by atoms with Crippen LogP contribution in [0.25, 0.3) is 11.2 Å². The predicted molar refractivity (Wildman–Crippen MR) is 59.3 cm³/mol. The topological polar surface area (TPSA) is 30.7 Å². The van der Waals surface area contributed by atoms with Gasteiger partial charge in [-0.05, 0) is 19.4 Å². The van der Waals surface area contributed by atoms with Crippen molar-refractivity contribution in [2.24, 2.45) is 7.05 Å². The van der Waals surface area contributed by atoms with Crippen molar-refractivity contribution in [2.75, 3.05) is 0 Å². The molecule has 2 aromatic heterocycles. The summed E-state index contributed by atoms with van der Waals surface area (Å²) in [6.45, 7) is 8.16. The largest absolute Gasteiger partial charge is 0.331 e. The van der Waals surface area contributed by atoms with Crippen molar-refractivity contribution >= 4 is 11.2 Å². The second-order valence-electron chi connectivity index (χ2n) is 3.00. The minimum Gasteiger partial charge on any atom is -0.331 e. The Balaban J connectivity index is 0.000000461. The van der Waals surface area contributed by atoms with Gasteiger partial charge in [0.25, 0.3) is 0 Å². The molecule has 0 spiro atoms. The van der Waals surface area contributed by atoms with Crippen molar-refractivity contribution in [1.29, 1.82) is 0 Å². The Morgan fingerprint density at radius 1 is 1.07 bits per heavy atom. The molecule has 3 nitrogen and oxygen atoms in total. The average molecular weight is 191 g/mol. The van der Waals surface area contributed by atoms with Gasteiger partial charge in [-0.1, -0.05) is 13.8 Å². The minimum atomic E-state index is 0.965. The monoisotopic (exact) mass is 191 g/mol. The molecular weight excluding hydrogens is 174 g/mol. The van der Waals surface area contributed by atoms with E-state index < -0.39 is 0 Å². The van der Waals surface area contributed by atoms with E-state index in [4.69, 9.17) is 0 Å². The van der Waals surface area contributed by atoms with Gasteiger partial charge in [-0.25, -0.2) is 4.98 Å². The molecule has 0 aromatic carbocycles. The number of rotatable bonds is 0. The van der Waals surface area contributed by atoms with E-state index in [-0.39, 0.29) is 0 Å². The summed E-state index contributed by atoms with van der Waals surface area (Å²) in [5.41, 5.74) is 4.43. The summed E-state index contributed by atoms with van der Waals surface area (Å²) in [6, 6.07) is 0. The summed E-state index contributed by atoms with van der Waals surface area (Å²) in [7, 11) is 2.01. The molecule has 0 atom stereocenters. The van der Waals surface area contributed by atoms with Crippen LogP contribution in [0.3, 0.4) is 0 Å². The van der Waals surface area contributed by atoms with Crippen LogP contribution in [-0.4, -0.2) is 14.5 Å². The lowest BCUT2D eigenvalue weighted by Gasteiger charge is -1.95. The van der Waals surface area contributed by atoms with Gasteiger partial charge in [0.2, 0.25) is 0 Å². The number of aryl methyl sites for hydroxylation is 2. The zero-order valence-electron chi connectivity index (χ0n) is 9.50. The van der Waals surface area contributed by atoms with Gasteiger partial charge < -0.3 is 4.57 Å². The Morgan fingerprint density at radius 2 is 1.64 bits per heavy atom. The molecule has 0 fully saturated rings. The van der Waals surface area contributed by atoms with Crippen molar-refractivity contribution in [3.8, 4) is 0 Å². The van der Waals surface area contributed by atoms with Crippen LogP contribution < -0.4 is 0 Å². The molecule has 0 saturated carbocycles. The Kier molecular flexibility index (Phi) is 3.23. The maximum absolute atomic E-state index is 4.28. The summed E-state index contributed by atoms with van der Waals surface area (Å²) in [4.78, 5) is 8.54. The number of nitrogens with zero attached hydrogens (tertiary/aromatic N) is 3. The molecule has 3 heteroatoms. The van der Waals surface area contributed by atoms with Gasteiger partial charge in [-0.2, -0.15) is 0 Å². The van der Waals surface area contributed by atoms with Crippen LogP contribution in [0, 0.1) is 13.8 Å². The summed E-state index contributed by atoms with van der Waals surface area (Å²) in [5.74, 6) is 0. The summed E-state index contributed by atoms with van der Waals surface area (Å²) in [6.07, 6.45) is 3.45. The maximum Gasteiger partial charge on any atom is 0.158 e. The Labute approximate surface area is 84.8 Å². The van der Waals surface area contributed by atoms with Crippen LogP contribution in [0.5, 0.6) is 0 Å². The fraction of sp³-hybridized carbons (Fsp3) is 0.455. The Hall–Kier alpha value is -1.38. The quantitative estimate of drug-likeness (QED) is 0.641. The van der Waals surface area contributed by atoms with Crippen LogP contribution in [0.4, 0.5) is 0 Å². The number of fused-ring (bicyclic) bond motifs is 1. The highest BCUT2D eigenvalue weighted by atomic mass is 15.0. The van der Waals surface area contributed by atoms with Gasteiger partial charge in [0, 0.05) is 25.1 Å². The molecule has 0 amide bonds. The number of hydrogen-bond acceptors (Lipinski definition) is 2. The molecule has 0 aliphatic rings. The van der Waals surface area contributed by atoms with Gasteiger partial charge in [0.15, 0.2) is 5.65 Å². The van der Waals surface area contributed by atoms with Crippen LogP contribution in [0.15, 0.2) is 12.4 Å². The molecule has 76 valence electrons. The van der Waals surface area contributed by atoms with Crippen molar-refractivity contribution in [3.05, 3.63) is 23.7 Å². The fourth-order valence-electron chi connectivity index (χ4n) is 1.42. The Morgan fingerprint density at radius 3 is 2.21 bits per heavy atom. The Bertz CT molecular complexity index is 390. The third-order valence-corrected chi connectivity index (χ3v) is 2.40. The minimum absolute atomic E-state index is 0.965. The van der Waals surface area contributed by atoms with Crippen LogP contribution in [-0.2, 0) is 7.05 Å². The van der Waals surface area contributed by atoms with E-state index in [1.54, 1.807) is 12.4 Å². The molecule has 2 rings (SSSR count). The standard InChI is InChI=1S/C9H11N3.C2H6/c1-6-7(2)12(3)9-8(6)10-4-5-11-9;1-2/h4-5H,1-3H3;1-2H3. The second-order valence-corrected chi connectivity index (χ2v) is 3.00. The first-order chi connectivity index (χ1) is 6.72. The summed E-state index contributed by atoms with van der Waals surface area (Å²) in [5, 5.41) is 0. The molecule has 0 aliphatic carbocycles. The van der Waals surface area contributed by atoms with Gasteiger partial charge >= 0.3 is 0 Å². The summed E-state index contributed by atoms with van der Waals surface area (Å²) >= 11 is 0. The first kappa shape index (κ1) is 10.7. The molecule has 0 saturated heterocycles. The fourth-order valence-corrected chi connectivity index (χ4v) is 1.42. The van der Waals surface area contributed by atoms with Crippen molar-refractivity contribution in [1.82, 2.24) is 14.5 Å². The predicted octanol–water partition coefficient (Wildman–Crippen LogP) is 2.61. The first-order valence-corrected chi connectivity index (χ1v) is 4.94. The molecule has 0 N–H and O–H groups in total. The normalized spacial score (nSPS) is 9.79. The number of aromatic nitrogens is 3. The number of hydrogen-bond donors (Lipinski definition) is 0. The van der Waals surface area contributed by atoms with Crippen molar-refractivity contribution in [2.45, 2.75) is 27.7 Å². The zero-order chi connectivity index (χ0) is 10.7. The molecule has 0 unspecified atom stereocenters. The molecule has 2 heterocycles. The molecule has 0 aliphatic heterocycles. The zero-order valence-corrected chi connectivity index (χ0v) is 9.50. The van der Waals surface area contributed by atoms with E-state index in [9.17, 15) is 0 Å². The second kappa shape index (κ2) is 4.22. The average Bonchev–Trinajstić information content (AvgIpc) is 2.48. The van der Waals surface area contributed by atoms with Crippen LogP contribution >= 0.6 is 0 Å². The van der Waals surface area contributed by atoms with Gasteiger partial charge in [-0.15, -0.1) is 0 Å². The lowest BCUT2D eigenvalue weighted by Crippen LogP contribution is -1.91. The van der Waals surface area contributed by atoms with E-state index in [0.717, 1.165) is 11.2 Å². The van der Waals surface area contributed by atoms with Crippen LogP contribution in [0.2, 0.25) is 0 Å². The smallest absolute Gasteiger partial charge is 0.158 e. The summed E-state index contributed by atoms with van der Waals surface area (Å²) < 4.78 is 2.07. The van der Waals surface area contributed by atoms with E-state index in [0.29, 0.717) is 0 Å². The highest BCUT2D eigenvalue weighted by Gasteiger charge is 2.08. The molecular formula is C11H17N3. The van der Waals surface area contributed by atoms with E-state index >= 15 is 0 Å². The third-order valence-electron chi connectivity index (χ3n) is 2.40. The van der Waals surface area contributed by atoms with Gasteiger partial charge in [-0.3, -0.25) is 4.98 Å². The highest BCUT2D eigenvalue weighted by molar-refractivity contribution is 5.76. The van der Waals surface area contributed by atoms with Gasteiger partial charge in [0.05, 0.1) is 0 Å². The molecule has 14 heavy (non-hydrogen) atoms. The first-order valence-electron chi connectivity index (χ1n) is 4.94. The highest BCUT2D eigenvalue weighted by Crippen LogP contribution is 2.18. The molecule has 0 radical (unpaired) electrons. The molecule has 2 aromatic rings. The van der Waals surface area contributed by atoms with E-state index in [1.165, 1.54) is 11.3 Å². The van der Waals surface area contributed by atoms with Crippen molar-refractivity contribution < 1.29 is 0 Å². The maximum atomic E-state index is 4.28. The van der Waals surface area contributed by atoms with Gasteiger partial charge in [0.1, 0.15) is 5.52 Å². The molecule has 0 bridgehead atoms.